The smallest absolute Gasteiger partial charge is 0.308 e. The molecule has 1 saturated carbocycles. The van der Waals surface area contributed by atoms with Crippen LogP contribution in [0.25, 0.3) is 28.1 Å². The second kappa shape index (κ2) is 9.27. The molecule has 1 unspecified atom stereocenters. The van der Waals surface area contributed by atoms with Gasteiger partial charge in [-0.25, -0.2) is 9.18 Å². The first-order valence-electron chi connectivity index (χ1n) is 10.5. The molecule has 162 valence electrons. The van der Waals surface area contributed by atoms with Crippen molar-refractivity contribution >= 4 is 28.9 Å². The van der Waals surface area contributed by atoms with Crippen molar-refractivity contribution in [2.24, 2.45) is 0 Å². The van der Waals surface area contributed by atoms with E-state index in [0.717, 1.165) is 46.1 Å². The number of fused-ring (bicyclic) bond motifs is 1. The lowest BCUT2D eigenvalue weighted by Crippen LogP contribution is -2.08. The minimum absolute atomic E-state index is 0.00698. The number of benzene rings is 2. The van der Waals surface area contributed by atoms with Crippen molar-refractivity contribution in [1.82, 2.24) is 4.98 Å². The number of aliphatic hydroxyl groups is 1. The number of carbonyl (C=O) groups excluding carboxylic acids is 1. The number of halogens is 1. The average molecular weight is 431 g/mol. The zero-order chi connectivity index (χ0) is 22.7. The normalized spacial score (nSPS) is 14.4. The van der Waals surface area contributed by atoms with Gasteiger partial charge in [-0.3, -0.25) is 9.78 Å². The Labute approximate surface area is 184 Å². The number of aliphatic hydroxyl groups excluding tert-OH is 1. The molecular formula is C26H22FNO4. The summed E-state index contributed by atoms with van der Waals surface area (Å²) in [5.74, 6) is 0.455. The molecule has 1 aromatic heterocycles. The second-order valence-corrected chi connectivity index (χ2v) is 7.99. The summed E-state index contributed by atoms with van der Waals surface area (Å²) in [7, 11) is 0. The van der Waals surface area contributed by atoms with Gasteiger partial charge in [-0.1, -0.05) is 42.5 Å². The third-order valence-corrected chi connectivity index (χ3v) is 5.51. The number of carboxylic acids is 1. The van der Waals surface area contributed by atoms with Gasteiger partial charge in [0.1, 0.15) is 11.8 Å². The molecule has 1 aliphatic carbocycles. The molecule has 0 amide bonds. The molecule has 0 saturated heterocycles. The summed E-state index contributed by atoms with van der Waals surface area (Å²) in [4.78, 5) is 26.8. The summed E-state index contributed by atoms with van der Waals surface area (Å²) < 4.78 is 13.6. The minimum atomic E-state index is -1.15. The van der Waals surface area contributed by atoms with E-state index in [1.54, 1.807) is 30.2 Å². The predicted octanol–water partition coefficient (Wildman–Crippen LogP) is 4.92. The van der Waals surface area contributed by atoms with Crippen molar-refractivity contribution in [2.75, 3.05) is 0 Å². The molecule has 4 rings (SSSR count). The largest absolute Gasteiger partial charge is 0.481 e. The van der Waals surface area contributed by atoms with E-state index in [1.165, 1.54) is 12.1 Å². The average Bonchev–Trinajstić information content (AvgIpc) is 3.62. The minimum Gasteiger partial charge on any atom is -0.481 e. The number of carbonyl (C=O) groups is 1. The number of carboxylic acid groups (broad SMARTS) is 1. The van der Waals surface area contributed by atoms with Gasteiger partial charge in [0.2, 0.25) is 0 Å². The highest BCUT2D eigenvalue weighted by Gasteiger charge is 2.29. The Balaban J connectivity index is 1.80. The van der Waals surface area contributed by atoms with E-state index in [4.69, 9.17) is 10.1 Å². The Morgan fingerprint density at radius 1 is 1.19 bits per heavy atom. The molecule has 1 aliphatic rings. The lowest BCUT2D eigenvalue weighted by atomic mass is 9.92. The van der Waals surface area contributed by atoms with Gasteiger partial charge in [0, 0.05) is 34.4 Å². The predicted molar refractivity (Wildman–Crippen MR) is 120 cm³/mol. The maximum Gasteiger partial charge on any atom is 0.308 e. The Morgan fingerprint density at radius 2 is 1.91 bits per heavy atom. The number of nitrogens with zero attached hydrogens (tertiary/aromatic N) is 1. The Bertz CT molecular complexity index is 1240. The zero-order valence-corrected chi connectivity index (χ0v) is 17.3. The number of hydrogen-bond acceptors (Lipinski definition) is 4. The molecular weight excluding hydrogens is 409 g/mol. The summed E-state index contributed by atoms with van der Waals surface area (Å²) in [5, 5.41) is 20.2. The Kier molecular flexibility index (Phi) is 6.26. The highest BCUT2D eigenvalue weighted by molar-refractivity contribution is 5.99. The van der Waals surface area contributed by atoms with Crippen LogP contribution in [-0.4, -0.2) is 33.2 Å². The van der Waals surface area contributed by atoms with Gasteiger partial charge in [0.15, 0.2) is 0 Å². The van der Waals surface area contributed by atoms with E-state index < -0.39 is 18.5 Å². The molecule has 0 spiro atoms. The summed E-state index contributed by atoms with van der Waals surface area (Å²) >= 11 is 0. The van der Waals surface area contributed by atoms with Crippen molar-refractivity contribution in [2.45, 2.75) is 37.7 Å². The molecule has 0 bridgehead atoms. The number of pyridine rings is 1. The third kappa shape index (κ3) is 4.83. The summed E-state index contributed by atoms with van der Waals surface area (Å²) in [6.45, 7) is 0. The van der Waals surface area contributed by atoms with Gasteiger partial charge in [-0.05, 0) is 36.6 Å². The first-order chi connectivity index (χ1) is 15.5. The van der Waals surface area contributed by atoms with Crippen LogP contribution in [0.1, 0.15) is 42.9 Å². The second-order valence-electron chi connectivity index (χ2n) is 7.99. The van der Waals surface area contributed by atoms with Crippen molar-refractivity contribution < 1.29 is 24.2 Å². The maximum atomic E-state index is 13.6. The first kappa shape index (κ1) is 21.6. The van der Waals surface area contributed by atoms with E-state index in [1.807, 2.05) is 24.3 Å². The molecule has 0 aliphatic heterocycles. The van der Waals surface area contributed by atoms with Crippen LogP contribution < -0.4 is 0 Å². The van der Waals surface area contributed by atoms with Crippen LogP contribution in [0.15, 0.2) is 60.2 Å². The van der Waals surface area contributed by atoms with Crippen LogP contribution in [0.4, 0.5) is 4.39 Å². The quantitative estimate of drug-likeness (QED) is 0.495. The molecule has 2 N–H and O–H groups in total. The van der Waals surface area contributed by atoms with Gasteiger partial charge in [0.25, 0.3) is 0 Å². The molecule has 6 heteroatoms. The molecule has 2 aromatic carbocycles. The van der Waals surface area contributed by atoms with Crippen molar-refractivity contribution in [3.63, 3.8) is 0 Å². The fourth-order valence-electron chi connectivity index (χ4n) is 3.87. The van der Waals surface area contributed by atoms with Gasteiger partial charge >= 0.3 is 5.97 Å². The molecule has 1 fully saturated rings. The summed E-state index contributed by atoms with van der Waals surface area (Å²) in [6.07, 6.45) is 3.75. The van der Waals surface area contributed by atoms with Gasteiger partial charge in [-0.15, -0.1) is 0 Å². The van der Waals surface area contributed by atoms with Crippen LogP contribution in [-0.2, 0) is 9.59 Å². The molecule has 1 heterocycles. The fourth-order valence-corrected chi connectivity index (χ4v) is 3.87. The highest BCUT2D eigenvalue weighted by Crippen LogP contribution is 2.45. The molecule has 5 nitrogen and oxygen atoms in total. The lowest BCUT2D eigenvalue weighted by molar-refractivity contribution is -0.136. The molecule has 1 atom stereocenters. The SMILES string of the molecule is O=C=C(CC(=O)O)CC(O)/C=C/c1c(C2CC2)nc2ccccc2c1-c1ccc(F)cc1. The van der Waals surface area contributed by atoms with Crippen LogP contribution in [0, 0.1) is 5.82 Å². The first-order valence-corrected chi connectivity index (χ1v) is 10.5. The number of hydrogen-bond donors (Lipinski definition) is 2. The standard InChI is InChI=1S/C26H22FNO4/c27-19-9-7-17(8-10-19)25-21-3-1-2-4-23(21)28-26(18-5-6-18)22(25)12-11-20(30)13-16(15-29)14-24(31)32/h1-4,7-12,18,20,30H,5-6,13-14H2,(H,31,32)/b12-11+. The molecule has 32 heavy (non-hydrogen) atoms. The molecule has 3 aromatic rings. The Hall–Kier alpha value is -3.60. The fraction of sp³-hybridized carbons (Fsp3) is 0.231. The van der Waals surface area contributed by atoms with Crippen molar-refractivity contribution in [1.29, 1.82) is 0 Å². The third-order valence-electron chi connectivity index (χ3n) is 5.51. The lowest BCUT2D eigenvalue weighted by Gasteiger charge is -2.16. The van der Waals surface area contributed by atoms with E-state index >= 15 is 0 Å². The number of aromatic nitrogens is 1. The van der Waals surface area contributed by atoms with Gasteiger partial charge < -0.3 is 10.2 Å². The number of aliphatic carboxylic acids is 1. The van der Waals surface area contributed by atoms with E-state index in [2.05, 4.69) is 0 Å². The maximum absolute atomic E-state index is 13.6. The van der Waals surface area contributed by atoms with Gasteiger partial charge in [-0.2, -0.15) is 0 Å². The van der Waals surface area contributed by atoms with Crippen LogP contribution in [0.2, 0.25) is 0 Å². The summed E-state index contributed by atoms with van der Waals surface area (Å²) in [6, 6.07) is 14.0. The monoisotopic (exact) mass is 431 g/mol. The van der Waals surface area contributed by atoms with E-state index in [0.29, 0.717) is 5.92 Å². The highest BCUT2D eigenvalue weighted by atomic mass is 19.1. The topological polar surface area (TPSA) is 87.5 Å². The van der Waals surface area contributed by atoms with Crippen molar-refractivity contribution in [3.8, 4) is 11.1 Å². The zero-order valence-electron chi connectivity index (χ0n) is 17.3. The molecule has 0 radical (unpaired) electrons. The number of rotatable bonds is 8. The van der Waals surface area contributed by atoms with Crippen LogP contribution in [0.5, 0.6) is 0 Å². The van der Waals surface area contributed by atoms with E-state index in [9.17, 15) is 19.1 Å². The van der Waals surface area contributed by atoms with Crippen LogP contribution in [0.3, 0.4) is 0 Å². The Morgan fingerprint density at radius 3 is 2.56 bits per heavy atom. The van der Waals surface area contributed by atoms with Crippen molar-refractivity contribution in [3.05, 3.63) is 77.3 Å². The summed E-state index contributed by atoms with van der Waals surface area (Å²) in [5.41, 5.74) is 4.33. The number of para-hydroxylation sites is 1. The van der Waals surface area contributed by atoms with Gasteiger partial charge in [0.05, 0.1) is 23.7 Å². The van der Waals surface area contributed by atoms with E-state index in [-0.39, 0.29) is 17.8 Å². The van der Waals surface area contributed by atoms with Crippen LogP contribution >= 0.6 is 0 Å².